The summed E-state index contributed by atoms with van der Waals surface area (Å²) in [6, 6.07) is 10.5. The standard InChI is InChI=1S/C24H28N2O2/c1-2-13-26-17-19(16-24(27)25-20-8-5-3-4-6-9-20)21-15-18(11-12-22(21)26)23-10-7-14-28-23/h2,7,10-12,14-15,17,20H,1,3-6,8-9,13,16H2,(H,25,27). The summed E-state index contributed by atoms with van der Waals surface area (Å²) in [7, 11) is 0. The number of rotatable bonds is 6. The molecule has 4 rings (SSSR count). The summed E-state index contributed by atoms with van der Waals surface area (Å²) in [5.74, 6) is 0.959. The van der Waals surface area contributed by atoms with Gasteiger partial charge >= 0.3 is 0 Å². The summed E-state index contributed by atoms with van der Waals surface area (Å²) in [5, 5.41) is 4.37. The van der Waals surface area contributed by atoms with Crippen molar-refractivity contribution < 1.29 is 9.21 Å². The first-order valence-corrected chi connectivity index (χ1v) is 10.3. The number of allylic oxidation sites excluding steroid dienone is 1. The number of fused-ring (bicyclic) bond motifs is 1. The van der Waals surface area contributed by atoms with E-state index in [1.807, 2.05) is 18.2 Å². The van der Waals surface area contributed by atoms with Crippen LogP contribution in [0.5, 0.6) is 0 Å². The van der Waals surface area contributed by atoms with E-state index >= 15 is 0 Å². The highest BCUT2D eigenvalue weighted by Crippen LogP contribution is 2.29. The van der Waals surface area contributed by atoms with Crippen LogP contribution in [0.4, 0.5) is 0 Å². The number of benzene rings is 1. The van der Waals surface area contributed by atoms with Gasteiger partial charge in [0.2, 0.25) is 5.91 Å². The molecule has 4 heteroatoms. The number of furan rings is 1. The third-order valence-corrected chi connectivity index (χ3v) is 5.67. The maximum absolute atomic E-state index is 12.8. The summed E-state index contributed by atoms with van der Waals surface area (Å²) in [4.78, 5) is 12.8. The van der Waals surface area contributed by atoms with E-state index in [9.17, 15) is 4.79 Å². The average molecular weight is 376 g/mol. The summed E-state index contributed by atoms with van der Waals surface area (Å²) < 4.78 is 7.71. The second-order valence-electron chi connectivity index (χ2n) is 7.74. The minimum Gasteiger partial charge on any atom is -0.464 e. The van der Waals surface area contributed by atoms with Crippen molar-refractivity contribution in [2.24, 2.45) is 0 Å². The van der Waals surface area contributed by atoms with Crippen molar-refractivity contribution in [1.82, 2.24) is 9.88 Å². The highest BCUT2D eigenvalue weighted by Gasteiger charge is 2.17. The quantitative estimate of drug-likeness (QED) is 0.458. The highest BCUT2D eigenvalue weighted by atomic mass is 16.3. The molecule has 4 nitrogen and oxygen atoms in total. The molecule has 28 heavy (non-hydrogen) atoms. The molecule has 0 saturated heterocycles. The molecule has 1 amide bonds. The zero-order valence-electron chi connectivity index (χ0n) is 16.3. The van der Waals surface area contributed by atoms with Gasteiger partial charge in [0.1, 0.15) is 5.76 Å². The number of nitrogens with one attached hydrogen (secondary N) is 1. The third-order valence-electron chi connectivity index (χ3n) is 5.67. The largest absolute Gasteiger partial charge is 0.464 e. The summed E-state index contributed by atoms with van der Waals surface area (Å²) in [6.07, 6.45) is 13.3. The second kappa shape index (κ2) is 8.51. The highest BCUT2D eigenvalue weighted by molar-refractivity contribution is 5.92. The van der Waals surface area contributed by atoms with Crippen LogP contribution in [-0.4, -0.2) is 16.5 Å². The van der Waals surface area contributed by atoms with Crippen molar-refractivity contribution in [3.05, 3.63) is 61.0 Å². The molecular formula is C24H28N2O2. The van der Waals surface area contributed by atoms with Crippen molar-refractivity contribution in [1.29, 1.82) is 0 Å². The fraction of sp³-hybridized carbons (Fsp3) is 0.375. The van der Waals surface area contributed by atoms with Crippen LogP contribution >= 0.6 is 0 Å². The van der Waals surface area contributed by atoms with Gasteiger partial charge in [-0.25, -0.2) is 0 Å². The zero-order valence-corrected chi connectivity index (χ0v) is 16.3. The number of carbonyl (C=O) groups excluding carboxylic acids is 1. The number of aromatic nitrogens is 1. The van der Waals surface area contributed by atoms with Gasteiger partial charge in [0.25, 0.3) is 0 Å². The Hall–Kier alpha value is -2.75. The van der Waals surface area contributed by atoms with Crippen molar-refractivity contribution in [2.75, 3.05) is 0 Å². The predicted octanol–water partition coefficient (Wildman–Crippen LogP) is 5.47. The van der Waals surface area contributed by atoms with Crippen LogP contribution in [0.1, 0.15) is 44.1 Å². The minimum absolute atomic E-state index is 0.118. The molecular weight excluding hydrogens is 348 g/mol. The molecule has 0 bridgehead atoms. The second-order valence-corrected chi connectivity index (χ2v) is 7.74. The molecule has 0 radical (unpaired) electrons. The summed E-state index contributed by atoms with van der Waals surface area (Å²) in [6.45, 7) is 4.59. The molecule has 0 spiro atoms. The van der Waals surface area contributed by atoms with Gasteiger partial charge in [-0.15, -0.1) is 6.58 Å². The topological polar surface area (TPSA) is 47.2 Å². The van der Waals surface area contributed by atoms with Gasteiger partial charge in [0, 0.05) is 35.2 Å². The molecule has 0 unspecified atom stereocenters. The Balaban J connectivity index is 1.60. The van der Waals surface area contributed by atoms with Gasteiger partial charge in [-0.05, 0) is 48.7 Å². The molecule has 0 aliphatic heterocycles. The van der Waals surface area contributed by atoms with Gasteiger partial charge in [0.15, 0.2) is 0 Å². The summed E-state index contributed by atoms with van der Waals surface area (Å²) in [5.41, 5.74) is 3.20. The number of nitrogens with zero attached hydrogens (tertiary/aromatic N) is 1. The fourth-order valence-corrected chi connectivity index (χ4v) is 4.27. The molecule has 3 aromatic rings. The smallest absolute Gasteiger partial charge is 0.224 e. The molecule has 2 aromatic heterocycles. The van der Waals surface area contributed by atoms with Gasteiger partial charge < -0.3 is 14.3 Å². The molecule has 0 atom stereocenters. The van der Waals surface area contributed by atoms with Crippen LogP contribution in [0, 0.1) is 0 Å². The lowest BCUT2D eigenvalue weighted by Gasteiger charge is -2.16. The lowest BCUT2D eigenvalue weighted by molar-refractivity contribution is -0.121. The van der Waals surface area contributed by atoms with Crippen LogP contribution in [0.2, 0.25) is 0 Å². The van der Waals surface area contributed by atoms with Crippen molar-refractivity contribution in [2.45, 2.75) is 57.5 Å². The van der Waals surface area contributed by atoms with E-state index < -0.39 is 0 Å². The van der Waals surface area contributed by atoms with Gasteiger partial charge in [-0.3, -0.25) is 4.79 Å². The zero-order chi connectivity index (χ0) is 19.3. The molecule has 1 aliphatic carbocycles. The molecule has 1 aromatic carbocycles. The lowest BCUT2D eigenvalue weighted by Crippen LogP contribution is -2.35. The van der Waals surface area contributed by atoms with Crippen LogP contribution < -0.4 is 5.32 Å². The maximum atomic E-state index is 12.8. The van der Waals surface area contributed by atoms with E-state index in [0.717, 1.165) is 47.2 Å². The Morgan fingerprint density at radius 2 is 2.04 bits per heavy atom. The first kappa shape index (κ1) is 18.6. The number of carbonyl (C=O) groups is 1. The van der Waals surface area contributed by atoms with E-state index in [1.54, 1.807) is 6.26 Å². The lowest BCUT2D eigenvalue weighted by atomic mass is 10.0. The Kier molecular flexibility index (Phi) is 5.65. The molecule has 1 N–H and O–H groups in total. The number of hydrogen-bond acceptors (Lipinski definition) is 2. The van der Waals surface area contributed by atoms with Crippen molar-refractivity contribution in [3.63, 3.8) is 0 Å². The minimum atomic E-state index is 0.118. The Morgan fingerprint density at radius 3 is 2.75 bits per heavy atom. The average Bonchev–Trinajstić information content (AvgIpc) is 3.26. The van der Waals surface area contributed by atoms with E-state index in [1.165, 1.54) is 25.7 Å². The van der Waals surface area contributed by atoms with Crippen molar-refractivity contribution in [3.8, 4) is 11.3 Å². The van der Waals surface area contributed by atoms with E-state index in [2.05, 4.69) is 40.9 Å². The fourth-order valence-electron chi connectivity index (χ4n) is 4.27. The number of hydrogen-bond donors (Lipinski definition) is 1. The maximum Gasteiger partial charge on any atom is 0.224 e. The molecule has 1 fully saturated rings. The monoisotopic (exact) mass is 376 g/mol. The number of amides is 1. The predicted molar refractivity (Wildman–Crippen MR) is 113 cm³/mol. The molecule has 1 aliphatic rings. The van der Waals surface area contributed by atoms with Crippen molar-refractivity contribution >= 4 is 16.8 Å². The molecule has 146 valence electrons. The Labute approximate surface area is 166 Å². The normalized spacial score (nSPS) is 15.4. The van der Waals surface area contributed by atoms with E-state index in [0.29, 0.717) is 12.5 Å². The molecule has 1 saturated carbocycles. The van der Waals surface area contributed by atoms with E-state index in [4.69, 9.17) is 4.42 Å². The first-order valence-electron chi connectivity index (χ1n) is 10.3. The summed E-state index contributed by atoms with van der Waals surface area (Å²) >= 11 is 0. The third kappa shape index (κ3) is 4.06. The SMILES string of the molecule is C=CCn1cc(CC(=O)NC2CCCCCC2)c2cc(-c3ccco3)ccc21. The Bertz CT molecular complexity index is 945. The van der Waals surface area contributed by atoms with Gasteiger partial charge in [0.05, 0.1) is 12.7 Å². The van der Waals surface area contributed by atoms with Crippen LogP contribution in [0.3, 0.4) is 0 Å². The van der Waals surface area contributed by atoms with E-state index in [-0.39, 0.29) is 5.91 Å². The van der Waals surface area contributed by atoms with Gasteiger partial charge in [-0.2, -0.15) is 0 Å². The van der Waals surface area contributed by atoms with Crippen LogP contribution in [0.25, 0.3) is 22.2 Å². The Morgan fingerprint density at radius 1 is 1.21 bits per heavy atom. The molecule has 2 heterocycles. The van der Waals surface area contributed by atoms with Gasteiger partial charge in [-0.1, -0.05) is 31.8 Å². The van der Waals surface area contributed by atoms with Crippen LogP contribution in [0.15, 0.2) is 59.9 Å². The van der Waals surface area contributed by atoms with Crippen LogP contribution in [-0.2, 0) is 17.8 Å². The first-order chi connectivity index (χ1) is 13.7.